The Labute approximate surface area is 175 Å². The molecule has 27 heavy (non-hydrogen) atoms. The highest BCUT2D eigenvalue weighted by Gasteiger charge is 2.20. The summed E-state index contributed by atoms with van der Waals surface area (Å²) < 4.78 is 20.6. The molecule has 9 heteroatoms. The zero-order valence-electron chi connectivity index (χ0n) is 15.6. The van der Waals surface area contributed by atoms with Crippen molar-refractivity contribution in [2.24, 2.45) is 4.99 Å². The summed E-state index contributed by atoms with van der Waals surface area (Å²) in [6, 6.07) is 6.58. The van der Waals surface area contributed by atoms with E-state index < -0.39 is 0 Å². The number of guanidine groups is 1. The Hall–Kier alpha value is -1.75. The third-order valence-corrected chi connectivity index (χ3v) is 4.43. The van der Waals surface area contributed by atoms with Crippen LogP contribution in [-0.4, -0.2) is 47.0 Å². The number of rotatable bonds is 6. The van der Waals surface area contributed by atoms with Crippen LogP contribution in [0.3, 0.4) is 0 Å². The van der Waals surface area contributed by atoms with Gasteiger partial charge in [0.2, 0.25) is 0 Å². The van der Waals surface area contributed by atoms with Crippen molar-refractivity contribution >= 4 is 29.9 Å². The van der Waals surface area contributed by atoms with Crippen molar-refractivity contribution in [2.75, 3.05) is 20.2 Å². The lowest BCUT2D eigenvalue weighted by atomic mass is 10.1. The van der Waals surface area contributed by atoms with Crippen molar-refractivity contribution < 1.29 is 9.13 Å². The number of hydrogen-bond acceptors (Lipinski definition) is 4. The van der Waals surface area contributed by atoms with Crippen molar-refractivity contribution in [2.45, 2.75) is 38.5 Å². The van der Waals surface area contributed by atoms with E-state index in [1.54, 1.807) is 25.6 Å². The molecule has 2 N–H and O–H groups in total. The van der Waals surface area contributed by atoms with Gasteiger partial charge in [0.25, 0.3) is 0 Å². The fourth-order valence-corrected chi connectivity index (χ4v) is 3.04. The average molecular weight is 488 g/mol. The topological polar surface area (TPSA) is 76.4 Å². The van der Waals surface area contributed by atoms with Gasteiger partial charge in [-0.15, -0.1) is 24.0 Å². The number of ether oxygens (including phenoxy) is 1. The average Bonchev–Trinajstić information content (AvgIpc) is 3.11. The number of fused-ring (bicyclic) bond motifs is 1. The third kappa shape index (κ3) is 5.86. The summed E-state index contributed by atoms with van der Waals surface area (Å²) >= 11 is 0. The fraction of sp³-hybridized carbons (Fsp3) is 0.500. The van der Waals surface area contributed by atoms with Crippen LogP contribution in [0.25, 0.3) is 0 Å². The number of aryl methyl sites for hydroxylation is 1. The smallest absolute Gasteiger partial charge is 0.191 e. The normalized spacial score (nSPS) is 17.6. The first kappa shape index (κ1) is 21.5. The lowest BCUT2D eigenvalue weighted by Crippen LogP contribution is -2.47. The second kappa shape index (κ2) is 10.5. The SMILES string of the molecule is CCNC(=NCC(OC)c1ccc(F)cc1)NC1CCc2ncnn2C1.I. The molecule has 0 saturated carbocycles. The summed E-state index contributed by atoms with van der Waals surface area (Å²) in [5.41, 5.74) is 0.901. The van der Waals surface area contributed by atoms with Crippen LogP contribution in [0.1, 0.15) is 30.8 Å². The maximum Gasteiger partial charge on any atom is 0.191 e. The summed E-state index contributed by atoms with van der Waals surface area (Å²) in [5.74, 6) is 1.51. The second-order valence-corrected chi connectivity index (χ2v) is 6.23. The maximum atomic E-state index is 13.1. The first-order valence-corrected chi connectivity index (χ1v) is 8.89. The van der Waals surface area contributed by atoms with Crippen molar-refractivity contribution in [3.8, 4) is 0 Å². The van der Waals surface area contributed by atoms with Crippen LogP contribution in [0.15, 0.2) is 35.6 Å². The molecule has 0 spiro atoms. The summed E-state index contributed by atoms with van der Waals surface area (Å²) in [7, 11) is 1.64. The van der Waals surface area contributed by atoms with E-state index in [0.29, 0.717) is 6.54 Å². The number of benzene rings is 1. The van der Waals surface area contributed by atoms with E-state index in [1.165, 1.54) is 12.1 Å². The largest absolute Gasteiger partial charge is 0.375 e. The van der Waals surface area contributed by atoms with Crippen molar-refractivity contribution in [1.29, 1.82) is 0 Å². The van der Waals surface area contributed by atoms with Crippen molar-refractivity contribution in [3.05, 3.63) is 47.8 Å². The van der Waals surface area contributed by atoms with Crippen molar-refractivity contribution in [1.82, 2.24) is 25.4 Å². The summed E-state index contributed by atoms with van der Waals surface area (Å²) in [6.45, 7) is 4.01. The first-order valence-electron chi connectivity index (χ1n) is 8.89. The number of methoxy groups -OCH3 is 1. The molecule has 2 heterocycles. The molecule has 1 aromatic carbocycles. The van der Waals surface area contributed by atoms with E-state index in [1.807, 2.05) is 11.6 Å². The number of halogens is 2. The molecule has 0 amide bonds. The van der Waals surface area contributed by atoms with Gasteiger partial charge in [0, 0.05) is 26.1 Å². The summed E-state index contributed by atoms with van der Waals surface area (Å²) in [6.07, 6.45) is 3.25. The molecule has 2 unspecified atom stereocenters. The molecular weight excluding hydrogens is 462 g/mol. The minimum Gasteiger partial charge on any atom is -0.375 e. The van der Waals surface area contributed by atoms with E-state index in [9.17, 15) is 4.39 Å². The van der Waals surface area contributed by atoms with E-state index in [2.05, 4.69) is 25.7 Å². The highest BCUT2D eigenvalue weighted by Crippen LogP contribution is 2.17. The molecule has 0 bridgehead atoms. The van der Waals surface area contributed by atoms with Crippen LogP contribution in [0.5, 0.6) is 0 Å². The molecule has 1 aliphatic heterocycles. The molecule has 148 valence electrons. The Morgan fingerprint density at radius 3 is 2.89 bits per heavy atom. The Morgan fingerprint density at radius 1 is 1.41 bits per heavy atom. The van der Waals surface area contributed by atoms with Gasteiger partial charge in [-0.25, -0.2) is 14.1 Å². The molecule has 2 aromatic rings. The van der Waals surface area contributed by atoms with E-state index in [4.69, 9.17) is 4.74 Å². The Kier molecular flexibility index (Phi) is 8.42. The number of nitrogens with zero attached hydrogens (tertiary/aromatic N) is 4. The van der Waals surface area contributed by atoms with Gasteiger partial charge < -0.3 is 15.4 Å². The minimum absolute atomic E-state index is 0. The summed E-state index contributed by atoms with van der Waals surface area (Å²) in [4.78, 5) is 8.90. The molecular formula is C18H26FIN6O. The maximum absolute atomic E-state index is 13.1. The van der Waals surface area contributed by atoms with Gasteiger partial charge in [-0.3, -0.25) is 4.99 Å². The van der Waals surface area contributed by atoms with Crippen LogP contribution < -0.4 is 10.6 Å². The predicted molar refractivity (Wildman–Crippen MR) is 113 cm³/mol. The predicted octanol–water partition coefficient (Wildman–Crippen LogP) is 2.29. The molecule has 2 atom stereocenters. The van der Waals surface area contributed by atoms with E-state index in [0.717, 1.165) is 43.3 Å². The van der Waals surface area contributed by atoms with Gasteiger partial charge >= 0.3 is 0 Å². The fourth-order valence-electron chi connectivity index (χ4n) is 3.04. The number of aliphatic imine (C=N–C) groups is 1. The van der Waals surface area contributed by atoms with Crippen LogP contribution in [-0.2, 0) is 17.7 Å². The van der Waals surface area contributed by atoms with Crippen LogP contribution in [0.4, 0.5) is 4.39 Å². The summed E-state index contributed by atoms with van der Waals surface area (Å²) in [5, 5.41) is 11.0. The molecule has 0 radical (unpaired) electrons. The zero-order chi connectivity index (χ0) is 18.4. The van der Waals surface area contributed by atoms with E-state index in [-0.39, 0.29) is 41.9 Å². The molecule has 3 rings (SSSR count). The molecule has 1 aromatic heterocycles. The molecule has 7 nitrogen and oxygen atoms in total. The number of aromatic nitrogens is 3. The molecule has 0 fully saturated rings. The lowest BCUT2D eigenvalue weighted by Gasteiger charge is -2.25. The zero-order valence-corrected chi connectivity index (χ0v) is 17.9. The Bertz CT molecular complexity index is 736. The van der Waals surface area contributed by atoms with Gasteiger partial charge in [0.15, 0.2) is 5.96 Å². The van der Waals surface area contributed by atoms with E-state index >= 15 is 0 Å². The quantitative estimate of drug-likeness (QED) is 0.371. The molecule has 0 saturated heterocycles. The number of nitrogens with one attached hydrogen (secondary N) is 2. The minimum atomic E-state index is -0.258. The van der Waals surface area contributed by atoms with Crippen LogP contribution in [0.2, 0.25) is 0 Å². The highest BCUT2D eigenvalue weighted by molar-refractivity contribution is 14.0. The lowest BCUT2D eigenvalue weighted by molar-refractivity contribution is 0.111. The second-order valence-electron chi connectivity index (χ2n) is 6.23. The van der Waals surface area contributed by atoms with Gasteiger partial charge in [-0.2, -0.15) is 5.10 Å². The molecule has 0 aliphatic carbocycles. The molecule has 1 aliphatic rings. The van der Waals surface area contributed by atoms with Gasteiger partial charge in [-0.1, -0.05) is 12.1 Å². The van der Waals surface area contributed by atoms with Crippen molar-refractivity contribution in [3.63, 3.8) is 0 Å². The number of hydrogen-bond donors (Lipinski definition) is 2. The van der Waals surface area contributed by atoms with Gasteiger partial charge in [0.1, 0.15) is 24.1 Å². The Balaban J connectivity index is 0.00000261. The van der Waals surface area contributed by atoms with Crippen LogP contribution >= 0.6 is 24.0 Å². The highest BCUT2D eigenvalue weighted by atomic mass is 127. The van der Waals surface area contributed by atoms with Gasteiger partial charge in [0.05, 0.1) is 13.1 Å². The monoisotopic (exact) mass is 488 g/mol. The van der Waals surface area contributed by atoms with Gasteiger partial charge in [-0.05, 0) is 31.0 Å². The standard InChI is InChI=1S/C18H25FN6O.HI/c1-3-20-18(24-15-8-9-17-22-12-23-25(17)11-15)21-10-16(26-2)13-4-6-14(19)7-5-13;/h4-7,12,15-16H,3,8-11H2,1-2H3,(H2,20,21,24);1H. The Morgan fingerprint density at radius 2 is 2.19 bits per heavy atom. The third-order valence-electron chi connectivity index (χ3n) is 4.43. The van der Waals surface area contributed by atoms with Crippen LogP contribution in [0, 0.1) is 5.82 Å². The first-order chi connectivity index (χ1) is 12.7.